The Kier molecular flexibility index (Phi) is 7.04. The van der Waals surface area contributed by atoms with E-state index in [-0.39, 0.29) is 37.6 Å². The molecular formula is C28H30N2O4S. The number of ether oxygens (including phenoxy) is 2. The molecule has 35 heavy (non-hydrogen) atoms. The van der Waals surface area contributed by atoms with Gasteiger partial charge in [-0.25, -0.2) is 0 Å². The molecule has 2 heterocycles. The number of carbonyl (C=O) groups is 2. The molecular weight excluding hydrogens is 460 g/mol. The van der Waals surface area contributed by atoms with Gasteiger partial charge >= 0.3 is 0 Å². The van der Waals surface area contributed by atoms with Gasteiger partial charge in [-0.1, -0.05) is 49.2 Å². The van der Waals surface area contributed by atoms with Crippen LogP contribution in [0.15, 0.2) is 60.0 Å². The summed E-state index contributed by atoms with van der Waals surface area (Å²) in [7, 11) is 0. The Morgan fingerprint density at radius 2 is 1.86 bits per heavy atom. The molecule has 182 valence electrons. The van der Waals surface area contributed by atoms with Gasteiger partial charge in [0.2, 0.25) is 18.6 Å². The van der Waals surface area contributed by atoms with Crippen LogP contribution >= 0.6 is 11.3 Å². The molecule has 2 amide bonds. The van der Waals surface area contributed by atoms with Crippen LogP contribution in [0.25, 0.3) is 0 Å². The van der Waals surface area contributed by atoms with Crippen molar-refractivity contribution in [3.63, 3.8) is 0 Å². The van der Waals surface area contributed by atoms with E-state index in [1.54, 1.807) is 16.2 Å². The lowest BCUT2D eigenvalue weighted by molar-refractivity contribution is -0.141. The first-order valence-electron chi connectivity index (χ1n) is 12.1. The summed E-state index contributed by atoms with van der Waals surface area (Å²) in [5.74, 6) is 1.15. The lowest BCUT2D eigenvalue weighted by Gasteiger charge is -2.33. The molecule has 1 aromatic heterocycles. The average Bonchev–Trinajstić information content (AvgIpc) is 3.63. The van der Waals surface area contributed by atoms with Crippen LogP contribution in [0, 0.1) is 6.92 Å². The summed E-state index contributed by atoms with van der Waals surface area (Å²) in [5.41, 5.74) is 2.72. The SMILES string of the molecule is Cc1ccccc1[C@@H](C(=O)NC1CCCC1)N(Cc1ccc2c(c1)OCO2)C(=O)Cc1cccs1. The molecule has 0 saturated heterocycles. The summed E-state index contributed by atoms with van der Waals surface area (Å²) in [6, 6.07) is 16.9. The van der Waals surface area contributed by atoms with E-state index in [1.807, 2.05) is 66.9 Å². The van der Waals surface area contributed by atoms with Gasteiger partial charge < -0.3 is 19.7 Å². The largest absolute Gasteiger partial charge is 0.454 e. The summed E-state index contributed by atoms with van der Waals surface area (Å²) in [4.78, 5) is 30.3. The molecule has 7 heteroatoms. The second-order valence-electron chi connectivity index (χ2n) is 9.21. The molecule has 0 radical (unpaired) electrons. The first kappa shape index (κ1) is 23.4. The predicted octanol–water partition coefficient (Wildman–Crippen LogP) is 5.16. The van der Waals surface area contributed by atoms with E-state index >= 15 is 0 Å². The van der Waals surface area contributed by atoms with Crippen LogP contribution in [0.4, 0.5) is 0 Å². The summed E-state index contributed by atoms with van der Waals surface area (Å²) in [5, 5.41) is 5.22. The zero-order valence-corrected chi connectivity index (χ0v) is 20.7. The number of hydrogen-bond donors (Lipinski definition) is 1. The van der Waals surface area contributed by atoms with Crippen LogP contribution in [-0.2, 0) is 22.6 Å². The molecule has 2 aliphatic rings. The lowest BCUT2D eigenvalue weighted by atomic mass is 9.97. The number of thiophene rings is 1. The third-order valence-corrected chi connectivity index (χ3v) is 7.64. The molecule has 1 saturated carbocycles. The third kappa shape index (κ3) is 5.35. The van der Waals surface area contributed by atoms with E-state index < -0.39 is 6.04 Å². The Bertz CT molecular complexity index is 1190. The van der Waals surface area contributed by atoms with Gasteiger partial charge in [-0.3, -0.25) is 9.59 Å². The minimum absolute atomic E-state index is 0.0834. The molecule has 2 aromatic carbocycles. The number of benzene rings is 2. The normalized spacial score (nSPS) is 15.7. The van der Waals surface area contributed by atoms with Gasteiger partial charge in [-0.05, 0) is 60.0 Å². The van der Waals surface area contributed by atoms with Gasteiger partial charge in [0.25, 0.3) is 0 Å². The zero-order chi connectivity index (χ0) is 24.2. The molecule has 1 aliphatic heterocycles. The van der Waals surface area contributed by atoms with E-state index in [0.717, 1.165) is 47.3 Å². The van der Waals surface area contributed by atoms with Crippen molar-refractivity contribution in [2.75, 3.05) is 6.79 Å². The fraction of sp³-hybridized carbons (Fsp3) is 0.357. The highest BCUT2D eigenvalue weighted by molar-refractivity contribution is 7.10. The molecule has 3 aromatic rings. The van der Waals surface area contributed by atoms with Crippen molar-refractivity contribution >= 4 is 23.2 Å². The number of hydrogen-bond acceptors (Lipinski definition) is 5. The maximum absolute atomic E-state index is 13.8. The summed E-state index contributed by atoms with van der Waals surface area (Å²) < 4.78 is 11.0. The van der Waals surface area contributed by atoms with Crippen molar-refractivity contribution in [1.82, 2.24) is 10.2 Å². The van der Waals surface area contributed by atoms with Crippen LogP contribution in [0.2, 0.25) is 0 Å². The summed E-state index contributed by atoms with van der Waals surface area (Å²) in [6.45, 7) is 2.47. The second kappa shape index (κ2) is 10.5. The number of aryl methyl sites for hydroxylation is 1. The molecule has 1 fully saturated rings. The molecule has 0 unspecified atom stereocenters. The summed E-state index contributed by atoms with van der Waals surface area (Å²) in [6.07, 6.45) is 4.47. The quantitative estimate of drug-likeness (QED) is 0.474. The van der Waals surface area contributed by atoms with Gasteiger partial charge in [-0.15, -0.1) is 11.3 Å². The van der Waals surface area contributed by atoms with Crippen LogP contribution in [-0.4, -0.2) is 29.5 Å². The molecule has 0 spiro atoms. The molecule has 1 N–H and O–H groups in total. The van der Waals surface area contributed by atoms with Crippen LogP contribution in [0.3, 0.4) is 0 Å². The Labute approximate surface area is 209 Å². The molecule has 6 nitrogen and oxygen atoms in total. The van der Waals surface area contributed by atoms with Crippen molar-refractivity contribution in [2.45, 2.75) is 57.7 Å². The number of amides is 2. The van der Waals surface area contributed by atoms with Crippen LogP contribution < -0.4 is 14.8 Å². The molecule has 1 aliphatic carbocycles. The van der Waals surface area contributed by atoms with Gasteiger partial charge in [-0.2, -0.15) is 0 Å². The highest BCUT2D eigenvalue weighted by Gasteiger charge is 2.34. The minimum atomic E-state index is -0.727. The molecule has 1 atom stereocenters. The van der Waals surface area contributed by atoms with Crippen LogP contribution in [0.5, 0.6) is 11.5 Å². The lowest BCUT2D eigenvalue weighted by Crippen LogP contribution is -2.46. The number of nitrogens with one attached hydrogen (secondary N) is 1. The molecule has 5 rings (SSSR count). The van der Waals surface area contributed by atoms with Crippen LogP contribution in [0.1, 0.15) is 53.3 Å². The predicted molar refractivity (Wildman–Crippen MR) is 135 cm³/mol. The highest BCUT2D eigenvalue weighted by Crippen LogP contribution is 2.34. The summed E-state index contributed by atoms with van der Waals surface area (Å²) >= 11 is 1.55. The van der Waals surface area contributed by atoms with Crippen molar-refractivity contribution < 1.29 is 19.1 Å². The highest BCUT2D eigenvalue weighted by atomic mass is 32.1. The standard InChI is InChI=1S/C28H30N2O4S/c1-19-7-2-5-11-23(19)27(28(32)29-21-8-3-4-9-21)30(26(31)16-22-10-6-14-35-22)17-20-12-13-24-25(15-20)34-18-33-24/h2,5-7,10-15,21,27H,3-4,8-9,16-18H2,1H3,(H,29,32)/t27-/m0/s1. The Balaban J connectivity index is 1.51. The van der Waals surface area contributed by atoms with E-state index in [2.05, 4.69) is 5.32 Å². The Morgan fingerprint density at radius 3 is 2.63 bits per heavy atom. The van der Waals surface area contributed by atoms with Crippen molar-refractivity contribution in [1.29, 1.82) is 0 Å². The van der Waals surface area contributed by atoms with Gasteiger partial charge in [0.05, 0.1) is 6.42 Å². The van der Waals surface area contributed by atoms with Crippen molar-refractivity contribution in [3.05, 3.63) is 81.5 Å². The van der Waals surface area contributed by atoms with Crippen molar-refractivity contribution in [3.8, 4) is 11.5 Å². The smallest absolute Gasteiger partial charge is 0.247 e. The van der Waals surface area contributed by atoms with E-state index in [0.29, 0.717) is 11.5 Å². The first-order valence-corrected chi connectivity index (χ1v) is 13.0. The Hall–Kier alpha value is -3.32. The maximum Gasteiger partial charge on any atom is 0.247 e. The monoisotopic (exact) mass is 490 g/mol. The fourth-order valence-electron chi connectivity index (χ4n) is 4.92. The first-order chi connectivity index (χ1) is 17.1. The number of nitrogens with zero attached hydrogens (tertiary/aromatic N) is 1. The van der Waals surface area contributed by atoms with Gasteiger partial charge in [0, 0.05) is 17.5 Å². The zero-order valence-electron chi connectivity index (χ0n) is 19.9. The van der Waals surface area contributed by atoms with Gasteiger partial charge in [0.15, 0.2) is 11.5 Å². The third-order valence-electron chi connectivity index (χ3n) is 6.76. The average molecular weight is 491 g/mol. The number of fused-ring (bicyclic) bond motifs is 1. The van der Waals surface area contributed by atoms with E-state index in [1.165, 1.54) is 0 Å². The maximum atomic E-state index is 13.8. The number of rotatable bonds is 8. The number of carbonyl (C=O) groups excluding carboxylic acids is 2. The van der Waals surface area contributed by atoms with E-state index in [9.17, 15) is 9.59 Å². The minimum Gasteiger partial charge on any atom is -0.454 e. The fourth-order valence-corrected chi connectivity index (χ4v) is 5.61. The second-order valence-corrected chi connectivity index (χ2v) is 10.2. The van der Waals surface area contributed by atoms with E-state index in [4.69, 9.17) is 9.47 Å². The molecule has 0 bridgehead atoms. The topological polar surface area (TPSA) is 67.9 Å². The van der Waals surface area contributed by atoms with Gasteiger partial charge in [0.1, 0.15) is 6.04 Å². The Morgan fingerprint density at radius 1 is 1.06 bits per heavy atom. The van der Waals surface area contributed by atoms with Crippen molar-refractivity contribution in [2.24, 2.45) is 0 Å².